The second-order valence-corrected chi connectivity index (χ2v) is 4.24. The fourth-order valence-corrected chi connectivity index (χ4v) is 1.84. The molecule has 0 aliphatic heterocycles. The lowest BCUT2D eigenvalue weighted by atomic mass is 10.1. The van der Waals surface area contributed by atoms with Gasteiger partial charge < -0.3 is 14.6 Å². The molecule has 0 amide bonds. The Morgan fingerprint density at radius 1 is 1.45 bits per heavy atom. The molecule has 108 valence electrons. The topological polar surface area (TPSA) is 82.8 Å². The summed E-state index contributed by atoms with van der Waals surface area (Å²) in [5.74, 6) is -0.270. The van der Waals surface area contributed by atoms with Crippen LogP contribution in [0.15, 0.2) is 18.2 Å². The van der Waals surface area contributed by atoms with Crippen LogP contribution < -0.4 is 4.74 Å². The Morgan fingerprint density at radius 2 is 2.20 bits per heavy atom. The summed E-state index contributed by atoms with van der Waals surface area (Å²) in [4.78, 5) is 12.6. The van der Waals surface area contributed by atoms with E-state index in [4.69, 9.17) is 19.8 Å². The first-order chi connectivity index (χ1) is 9.60. The summed E-state index contributed by atoms with van der Waals surface area (Å²) >= 11 is 0. The van der Waals surface area contributed by atoms with E-state index < -0.39 is 5.97 Å². The number of hydrogen-bond donors (Lipinski definition) is 1. The largest absolute Gasteiger partial charge is 0.496 e. The van der Waals surface area contributed by atoms with Crippen molar-refractivity contribution in [3.8, 4) is 11.8 Å². The number of hydrogen-bond acceptors (Lipinski definition) is 5. The van der Waals surface area contributed by atoms with Gasteiger partial charge in [-0.05, 0) is 18.2 Å². The van der Waals surface area contributed by atoms with Gasteiger partial charge in [-0.1, -0.05) is 0 Å². The molecule has 0 saturated carbocycles. The van der Waals surface area contributed by atoms with E-state index in [0.717, 1.165) is 5.56 Å². The number of carbonyl (C=O) groups is 1. The molecular formula is C14H18N2O4. The molecule has 0 aliphatic carbocycles. The van der Waals surface area contributed by atoms with Crippen LogP contribution in [0.5, 0.6) is 5.75 Å². The van der Waals surface area contributed by atoms with Gasteiger partial charge in [0.05, 0.1) is 31.9 Å². The molecule has 0 fully saturated rings. The minimum atomic E-state index is -0.906. The van der Waals surface area contributed by atoms with Gasteiger partial charge in [0.25, 0.3) is 0 Å². The smallest absolute Gasteiger partial charge is 0.317 e. The van der Waals surface area contributed by atoms with Crippen molar-refractivity contribution in [2.45, 2.75) is 6.54 Å². The molecule has 0 unspecified atom stereocenters. The fourth-order valence-electron chi connectivity index (χ4n) is 1.84. The first kappa shape index (κ1) is 16.0. The average molecular weight is 278 g/mol. The summed E-state index contributed by atoms with van der Waals surface area (Å²) in [5.41, 5.74) is 1.30. The Bertz CT molecular complexity index is 496. The number of aliphatic carboxylic acids is 1. The van der Waals surface area contributed by atoms with E-state index in [0.29, 0.717) is 31.0 Å². The highest BCUT2D eigenvalue weighted by molar-refractivity contribution is 5.69. The van der Waals surface area contributed by atoms with E-state index in [2.05, 4.69) is 6.07 Å². The first-order valence-corrected chi connectivity index (χ1v) is 6.10. The van der Waals surface area contributed by atoms with Crippen LogP contribution in [0.4, 0.5) is 0 Å². The number of benzene rings is 1. The quantitative estimate of drug-likeness (QED) is 0.766. The lowest BCUT2D eigenvalue weighted by Crippen LogP contribution is -2.32. The van der Waals surface area contributed by atoms with Crippen LogP contribution in [-0.2, 0) is 16.1 Å². The Hall–Kier alpha value is -2.10. The highest BCUT2D eigenvalue weighted by Gasteiger charge is 2.13. The molecule has 0 bridgehead atoms. The number of nitriles is 1. The third-order valence-corrected chi connectivity index (χ3v) is 2.77. The number of ether oxygens (including phenoxy) is 2. The van der Waals surface area contributed by atoms with Gasteiger partial charge in [-0.3, -0.25) is 9.69 Å². The predicted octanol–water partition coefficient (Wildman–Crippen LogP) is 1.10. The molecule has 0 aromatic heterocycles. The summed E-state index contributed by atoms with van der Waals surface area (Å²) in [6.07, 6.45) is 0. The summed E-state index contributed by atoms with van der Waals surface area (Å²) in [6.45, 7) is 1.22. The van der Waals surface area contributed by atoms with E-state index in [1.807, 2.05) is 0 Å². The fraction of sp³-hybridized carbons (Fsp3) is 0.429. The van der Waals surface area contributed by atoms with Crippen molar-refractivity contribution in [1.29, 1.82) is 5.26 Å². The minimum absolute atomic E-state index is 0.0940. The zero-order chi connectivity index (χ0) is 15.0. The van der Waals surface area contributed by atoms with E-state index >= 15 is 0 Å². The van der Waals surface area contributed by atoms with E-state index in [1.54, 1.807) is 37.3 Å². The molecule has 0 aliphatic rings. The van der Waals surface area contributed by atoms with Gasteiger partial charge in [-0.25, -0.2) is 0 Å². The number of methoxy groups -OCH3 is 2. The van der Waals surface area contributed by atoms with Crippen LogP contribution in [-0.4, -0.2) is 49.9 Å². The van der Waals surface area contributed by atoms with Crippen molar-refractivity contribution in [3.63, 3.8) is 0 Å². The Labute approximate surface area is 118 Å². The second-order valence-electron chi connectivity index (χ2n) is 4.24. The lowest BCUT2D eigenvalue weighted by molar-refractivity contribution is -0.138. The normalized spacial score (nSPS) is 10.3. The predicted molar refractivity (Wildman–Crippen MR) is 72.5 cm³/mol. The van der Waals surface area contributed by atoms with Gasteiger partial charge in [-0.2, -0.15) is 5.26 Å². The number of nitrogens with zero attached hydrogens (tertiary/aromatic N) is 2. The number of rotatable bonds is 8. The molecular weight excluding hydrogens is 260 g/mol. The monoisotopic (exact) mass is 278 g/mol. The van der Waals surface area contributed by atoms with Crippen molar-refractivity contribution >= 4 is 5.97 Å². The van der Waals surface area contributed by atoms with Gasteiger partial charge in [0.15, 0.2) is 0 Å². The van der Waals surface area contributed by atoms with Crippen LogP contribution in [0.1, 0.15) is 11.1 Å². The van der Waals surface area contributed by atoms with Gasteiger partial charge in [0.1, 0.15) is 5.75 Å². The molecule has 20 heavy (non-hydrogen) atoms. The molecule has 0 radical (unpaired) electrons. The standard InChI is InChI=1S/C14H18N2O4/c1-19-6-5-16(10-14(17)18)9-12-7-11(8-15)3-4-13(12)20-2/h3-4,7H,5-6,9-10H2,1-2H3,(H,17,18). The van der Waals surface area contributed by atoms with E-state index in [-0.39, 0.29) is 6.54 Å². The molecule has 0 saturated heterocycles. The van der Waals surface area contributed by atoms with Crippen molar-refractivity contribution in [2.75, 3.05) is 33.9 Å². The van der Waals surface area contributed by atoms with Crippen molar-refractivity contribution in [2.24, 2.45) is 0 Å². The van der Waals surface area contributed by atoms with Crippen molar-refractivity contribution in [3.05, 3.63) is 29.3 Å². The molecule has 1 rings (SSSR count). The zero-order valence-electron chi connectivity index (χ0n) is 11.6. The van der Waals surface area contributed by atoms with Gasteiger partial charge in [0.2, 0.25) is 0 Å². The van der Waals surface area contributed by atoms with Crippen LogP contribution >= 0.6 is 0 Å². The third-order valence-electron chi connectivity index (χ3n) is 2.77. The second kappa shape index (κ2) is 8.15. The van der Waals surface area contributed by atoms with Gasteiger partial charge >= 0.3 is 5.97 Å². The summed E-state index contributed by atoms with van der Waals surface area (Å²) in [7, 11) is 3.11. The van der Waals surface area contributed by atoms with Gasteiger partial charge in [0, 0.05) is 25.8 Å². The maximum absolute atomic E-state index is 10.9. The average Bonchev–Trinajstić information content (AvgIpc) is 2.44. The highest BCUT2D eigenvalue weighted by Crippen LogP contribution is 2.21. The van der Waals surface area contributed by atoms with Crippen LogP contribution in [0, 0.1) is 11.3 Å². The molecule has 0 spiro atoms. The summed E-state index contributed by atoms with van der Waals surface area (Å²) < 4.78 is 10.2. The maximum Gasteiger partial charge on any atom is 0.317 e. The molecule has 0 atom stereocenters. The van der Waals surface area contributed by atoms with Gasteiger partial charge in [-0.15, -0.1) is 0 Å². The Kier molecular flexibility index (Phi) is 6.50. The first-order valence-electron chi connectivity index (χ1n) is 6.10. The molecule has 6 heteroatoms. The van der Waals surface area contributed by atoms with Crippen molar-refractivity contribution < 1.29 is 19.4 Å². The van der Waals surface area contributed by atoms with Crippen LogP contribution in [0.25, 0.3) is 0 Å². The SMILES string of the molecule is COCCN(CC(=O)O)Cc1cc(C#N)ccc1OC. The van der Waals surface area contributed by atoms with E-state index in [1.165, 1.54) is 0 Å². The zero-order valence-corrected chi connectivity index (χ0v) is 11.6. The molecule has 1 aromatic rings. The van der Waals surface area contributed by atoms with Crippen molar-refractivity contribution in [1.82, 2.24) is 4.90 Å². The molecule has 0 heterocycles. The van der Waals surface area contributed by atoms with Crippen LogP contribution in [0.2, 0.25) is 0 Å². The Morgan fingerprint density at radius 3 is 2.75 bits per heavy atom. The van der Waals surface area contributed by atoms with Crippen LogP contribution in [0.3, 0.4) is 0 Å². The molecule has 1 N–H and O–H groups in total. The summed E-state index contributed by atoms with van der Waals surface area (Å²) in [6, 6.07) is 7.15. The molecule has 6 nitrogen and oxygen atoms in total. The minimum Gasteiger partial charge on any atom is -0.496 e. The maximum atomic E-state index is 10.9. The number of carboxylic acids is 1. The van der Waals surface area contributed by atoms with E-state index in [9.17, 15) is 4.79 Å². The highest BCUT2D eigenvalue weighted by atomic mass is 16.5. The Balaban J connectivity index is 2.90. The third kappa shape index (κ3) is 4.88. The molecule has 1 aromatic carbocycles. The lowest BCUT2D eigenvalue weighted by Gasteiger charge is -2.21. The number of carboxylic acid groups (broad SMARTS) is 1. The summed E-state index contributed by atoms with van der Waals surface area (Å²) in [5, 5.41) is 17.9.